The molecule has 0 unspecified atom stereocenters. The van der Waals surface area contributed by atoms with Gasteiger partial charge in [0.05, 0.1) is 17.9 Å². The number of benzene rings is 2. The van der Waals surface area contributed by atoms with Crippen LogP contribution in [-0.2, 0) is 4.79 Å². The standard InChI is InChI=1S/C22H26N2O3/c1-3-14-23-22(26)19-11-4-5-12-20(19)24-21(25)13-6-7-15-27-18-10-8-9-17(2)16-18/h3-5,8-12,16H,1,6-7,13-15H2,2H3,(H,23,26)(H,24,25). The van der Waals surface area contributed by atoms with E-state index in [1.807, 2.05) is 31.2 Å². The molecule has 0 heterocycles. The molecule has 0 spiro atoms. The van der Waals surface area contributed by atoms with Gasteiger partial charge in [0.2, 0.25) is 5.91 Å². The van der Waals surface area contributed by atoms with E-state index in [9.17, 15) is 9.59 Å². The number of rotatable bonds is 10. The van der Waals surface area contributed by atoms with Gasteiger partial charge in [-0.3, -0.25) is 9.59 Å². The monoisotopic (exact) mass is 366 g/mol. The van der Waals surface area contributed by atoms with Crippen molar-refractivity contribution in [2.24, 2.45) is 0 Å². The first kappa shape index (κ1) is 20.2. The van der Waals surface area contributed by atoms with Gasteiger partial charge in [-0.15, -0.1) is 6.58 Å². The summed E-state index contributed by atoms with van der Waals surface area (Å²) in [5.74, 6) is 0.491. The number of amides is 2. The second-order valence-corrected chi connectivity index (χ2v) is 6.21. The molecule has 2 amide bonds. The molecule has 142 valence electrons. The van der Waals surface area contributed by atoms with Gasteiger partial charge in [-0.1, -0.05) is 30.3 Å². The summed E-state index contributed by atoms with van der Waals surface area (Å²) in [5.41, 5.74) is 2.11. The lowest BCUT2D eigenvalue weighted by Crippen LogP contribution is -2.25. The predicted molar refractivity (Wildman–Crippen MR) is 108 cm³/mol. The highest BCUT2D eigenvalue weighted by Crippen LogP contribution is 2.16. The van der Waals surface area contributed by atoms with Crippen LogP contribution in [0.25, 0.3) is 0 Å². The highest BCUT2D eigenvalue weighted by atomic mass is 16.5. The lowest BCUT2D eigenvalue weighted by Gasteiger charge is -2.11. The molecule has 2 aromatic rings. The molecule has 2 N–H and O–H groups in total. The summed E-state index contributed by atoms with van der Waals surface area (Å²) in [4.78, 5) is 24.3. The number of carbonyl (C=O) groups is 2. The lowest BCUT2D eigenvalue weighted by molar-refractivity contribution is -0.116. The molecule has 0 fully saturated rings. The zero-order valence-corrected chi connectivity index (χ0v) is 15.7. The lowest BCUT2D eigenvalue weighted by atomic mass is 10.1. The average molecular weight is 366 g/mol. The van der Waals surface area contributed by atoms with Gasteiger partial charge in [0.25, 0.3) is 5.91 Å². The highest BCUT2D eigenvalue weighted by Gasteiger charge is 2.12. The Morgan fingerprint density at radius 2 is 1.93 bits per heavy atom. The fourth-order valence-corrected chi connectivity index (χ4v) is 2.55. The van der Waals surface area contributed by atoms with E-state index in [0.29, 0.717) is 37.2 Å². The van der Waals surface area contributed by atoms with Crippen molar-refractivity contribution in [2.75, 3.05) is 18.5 Å². The normalized spacial score (nSPS) is 10.1. The zero-order valence-electron chi connectivity index (χ0n) is 15.7. The van der Waals surface area contributed by atoms with Gasteiger partial charge >= 0.3 is 0 Å². The number of hydrogen-bond acceptors (Lipinski definition) is 3. The molecule has 0 bridgehead atoms. The first-order valence-corrected chi connectivity index (χ1v) is 9.07. The summed E-state index contributed by atoms with van der Waals surface area (Å²) in [6.07, 6.45) is 3.48. The Morgan fingerprint density at radius 1 is 1.11 bits per heavy atom. The van der Waals surface area contributed by atoms with E-state index < -0.39 is 0 Å². The predicted octanol–water partition coefficient (Wildman–Crippen LogP) is 4.10. The molecule has 5 nitrogen and oxygen atoms in total. The molecule has 5 heteroatoms. The van der Waals surface area contributed by atoms with E-state index in [2.05, 4.69) is 17.2 Å². The third-order valence-corrected chi connectivity index (χ3v) is 3.91. The molecule has 0 saturated carbocycles. The first-order valence-electron chi connectivity index (χ1n) is 9.07. The molecular weight excluding hydrogens is 340 g/mol. The third-order valence-electron chi connectivity index (χ3n) is 3.91. The molecule has 0 aliphatic heterocycles. The fraction of sp³-hybridized carbons (Fsp3) is 0.273. The average Bonchev–Trinajstić information content (AvgIpc) is 2.66. The van der Waals surface area contributed by atoms with Crippen molar-refractivity contribution in [1.82, 2.24) is 5.32 Å². The minimum Gasteiger partial charge on any atom is -0.494 e. The van der Waals surface area contributed by atoms with Crippen molar-refractivity contribution in [3.05, 3.63) is 72.3 Å². The minimum absolute atomic E-state index is 0.116. The van der Waals surface area contributed by atoms with Crippen LogP contribution in [-0.4, -0.2) is 25.0 Å². The first-order chi connectivity index (χ1) is 13.1. The van der Waals surface area contributed by atoms with E-state index in [0.717, 1.165) is 17.7 Å². The van der Waals surface area contributed by atoms with Crippen LogP contribution in [0.2, 0.25) is 0 Å². The summed E-state index contributed by atoms with van der Waals surface area (Å²) in [5, 5.41) is 5.53. The Hall–Kier alpha value is -3.08. The van der Waals surface area contributed by atoms with Crippen molar-refractivity contribution >= 4 is 17.5 Å². The van der Waals surface area contributed by atoms with Crippen molar-refractivity contribution in [3.63, 3.8) is 0 Å². The molecule has 0 saturated heterocycles. The molecule has 0 aliphatic rings. The topological polar surface area (TPSA) is 67.4 Å². The Bertz CT molecular complexity index is 787. The molecule has 2 aromatic carbocycles. The van der Waals surface area contributed by atoms with Crippen molar-refractivity contribution in [1.29, 1.82) is 0 Å². The molecule has 2 rings (SSSR count). The van der Waals surface area contributed by atoms with Crippen LogP contribution in [0, 0.1) is 6.92 Å². The Labute approximate surface area is 160 Å². The van der Waals surface area contributed by atoms with E-state index in [1.54, 1.807) is 30.3 Å². The van der Waals surface area contributed by atoms with Gasteiger partial charge in [-0.05, 0) is 49.6 Å². The number of carbonyl (C=O) groups excluding carboxylic acids is 2. The Morgan fingerprint density at radius 3 is 2.70 bits per heavy atom. The van der Waals surface area contributed by atoms with Crippen LogP contribution >= 0.6 is 0 Å². The maximum atomic E-state index is 12.2. The van der Waals surface area contributed by atoms with Crippen molar-refractivity contribution < 1.29 is 14.3 Å². The van der Waals surface area contributed by atoms with Gasteiger partial charge < -0.3 is 15.4 Å². The molecule has 0 aliphatic carbocycles. The van der Waals surface area contributed by atoms with Gasteiger partial charge in [-0.2, -0.15) is 0 Å². The molecule has 0 aromatic heterocycles. The fourth-order valence-electron chi connectivity index (χ4n) is 2.55. The molecule has 0 atom stereocenters. The van der Waals surface area contributed by atoms with Gasteiger partial charge in [-0.25, -0.2) is 0 Å². The molecule has 0 radical (unpaired) electrons. The van der Waals surface area contributed by atoms with Crippen LogP contribution in [0.1, 0.15) is 35.2 Å². The number of hydrogen-bond donors (Lipinski definition) is 2. The van der Waals surface area contributed by atoms with Crippen LogP contribution in [0.3, 0.4) is 0 Å². The number of ether oxygens (including phenoxy) is 1. The summed E-state index contributed by atoms with van der Waals surface area (Å²) in [6, 6.07) is 14.9. The van der Waals surface area contributed by atoms with E-state index >= 15 is 0 Å². The summed E-state index contributed by atoms with van der Waals surface area (Å²) in [6.45, 7) is 6.54. The minimum atomic E-state index is -0.239. The number of aryl methyl sites for hydroxylation is 1. The largest absolute Gasteiger partial charge is 0.494 e. The van der Waals surface area contributed by atoms with Gasteiger partial charge in [0.1, 0.15) is 5.75 Å². The molecular formula is C22H26N2O3. The smallest absolute Gasteiger partial charge is 0.253 e. The number of nitrogens with one attached hydrogen (secondary N) is 2. The van der Waals surface area contributed by atoms with Crippen LogP contribution in [0.5, 0.6) is 5.75 Å². The third kappa shape index (κ3) is 6.98. The SMILES string of the molecule is C=CCNC(=O)c1ccccc1NC(=O)CCCCOc1cccc(C)c1. The van der Waals surface area contributed by atoms with Crippen LogP contribution in [0.15, 0.2) is 61.2 Å². The zero-order chi connectivity index (χ0) is 19.5. The second-order valence-electron chi connectivity index (χ2n) is 6.21. The summed E-state index contributed by atoms with van der Waals surface area (Å²) in [7, 11) is 0. The molecule has 27 heavy (non-hydrogen) atoms. The summed E-state index contributed by atoms with van der Waals surface area (Å²) < 4.78 is 5.68. The van der Waals surface area contributed by atoms with Crippen LogP contribution in [0.4, 0.5) is 5.69 Å². The van der Waals surface area contributed by atoms with Gasteiger partial charge in [0.15, 0.2) is 0 Å². The van der Waals surface area contributed by atoms with Crippen molar-refractivity contribution in [3.8, 4) is 5.75 Å². The number of anilines is 1. The van der Waals surface area contributed by atoms with Crippen molar-refractivity contribution in [2.45, 2.75) is 26.2 Å². The Balaban J connectivity index is 1.75. The Kier molecular flexibility index (Phi) is 8.10. The van der Waals surface area contributed by atoms with E-state index in [4.69, 9.17) is 4.74 Å². The maximum Gasteiger partial charge on any atom is 0.253 e. The summed E-state index contributed by atoms with van der Waals surface area (Å²) >= 11 is 0. The highest BCUT2D eigenvalue weighted by molar-refractivity contribution is 6.03. The number of unbranched alkanes of at least 4 members (excludes halogenated alkanes) is 1. The van der Waals surface area contributed by atoms with Crippen LogP contribution < -0.4 is 15.4 Å². The number of para-hydroxylation sites is 1. The quantitative estimate of drug-likeness (QED) is 0.491. The van der Waals surface area contributed by atoms with E-state index in [-0.39, 0.29) is 11.8 Å². The second kappa shape index (κ2) is 10.8. The van der Waals surface area contributed by atoms with E-state index in [1.165, 1.54) is 0 Å². The maximum absolute atomic E-state index is 12.2. The van der Waals surface area contributed by atoms with Gasteiger partial charge in [0, 0.05) is 13.0 Å².